The van der Waals surface area contributed by atoms with Gasteiger partial charge in [0.15, 0.2) is 0 Å². The largest absolute Gasteiger partial charge is 0.294 e. The fourth-order valence-corrected chi connectivity index (χ4v) is 0.970. The summed E-state index contributed by atoms with van der Waals surface area (Å²) in [6.07, 6.45) is 1.61. The summed E-state index contributed by atoms with van der Waals surface area (Å²) in [6.45, 7) is 8.65. The monoisotopic (exact) mass is 143 g/mol. The van der Waals surface area contributed by atoms with Crippen LogP contribution in [0.25, 0.3) is 0 Å². The minimum atomic E-state index is 0.503. The molecule has 0 aliphatic rings. The molecule has 0 fully saturated rings. The fraction of sp³-hybridized carbons (Fsp3) is 0.857. The lowest BCUT2D eigenvalue weighted by molar-refractivity contribution is -0.929. The van der Waals surface area contributed by atoms with Crippen LogP contribution in [0.3, 0.4) is 0 Å². The number of carbonyl (C=O) groups excluding carboxylic acids is 1. The molecule has 0 aromatic heterocycles. The normalized spacial score (nSPS) is 10.7. The molecule has 0 heterocycles. The molecule has 0 bridgehead atoms. The van der Waals surface area contributed by atoms with E-state index in [1.807, 2.05) is 20.8 Å². The second-order valence-electron chi connectivity index (χ2n) is 2.24. The van der Waals surface area contributed by atoms with Crippen LogP contribution in [0.15, 0.2) is 5.10 Å². The Morgan fingerprint density at radius 2 is 1.60 bits per heavy atom. The van der Waals surface area contributed by atoms with E-state index in [0.29, 0.717) is 4.59 Å². The molecule has 10 heavy (non-hydrogen) atoms. The zero-order valence-electron chi connectivity index (χ0n) is 6.92. The van der Waals surface area contributed by atoms with Crippen LogP contribution in [0.1, 0.15) is 20.8 Å². The molecular formula is C7H15N2O+. The summed E-state index contributed by atoms with van der Waals surface area (Å²) in [6, 6.07) is 0. The van der Waals surface area contributed by atoms with Gasteiger partial charge >= 0.3 is 0 Å². The molecule has 0 saturated carbocycles. The van der Waals surface area contributed by atoms with E-state index in [1.165, 1.54) is 0 Å². The predicted molar refractivity (Wildman–Crippen MR) is 40.0 cm³/mol. The summed E-state index contributed by atoms with van der Waals surface area (Å²) in [7, 11) is 0. The second-order valence-corrected chi connectivity index (χ2v) is 2.24. The van der Waals surface area contributed by atoms with Gasteiger partial charge in [0.1, 0.15) is 19.6 Å². The van der Waals surface area contributed by atoms with E-state index < -0.39 is 0 Å². The first-order chi connectivity index (χ1) is 4.74. The zero-order valence-corrected chi connectivity index (χ0v) is 6.92. The van der Waals surface area contributed by atoms with E-state index in [-0.39, 0.29) is 0 Å². The van der Waals surface area contributed by atoms with E-state index in [1.54, 1.807) is 6.08 Å². The molecule has 0 aliphatic heterocycles. The first-order valence-electron chi connectivity index (χ1n) is 3.70. The Morgan fingerprint density at radius 1 is 1.20 bits per heavy atom. The molecule has 0 atom stereocenters. The van der Waals surface area contributed by atoms with Crippen LogP contribution in [0.5, 0.6) is 0 Å². The summed E-state index contributed by atoms with van der Waals surface area (Å²) in [5.41, 5.74) is 0. The van der Waals surface area contributed by atoms with Gasteiger partial charge in [0, 0.05) is 5.10 Å². The molecule has 0 spiro atoms. The third-order valence-electron chi connectivity index (χ3n) is 2.02. The van der Waals surface area contributed by atoms with Crippen LogP contribution < -0.4 is 0 Å². The Bertz CT molecular complexity index is 126. The molecular weight excluding hydrogens is 128 g/mol. The van der Waals surface area contributed by atoms with E-state index >= 15 is 0 Å². The lowest BCUT2D eigenvalue weighted by Gasteiger charge is -2.25. The molecule has 0 aromatic rings. The zero-order chi connectivity index (χ0) is 8.04. The van der Waals surface area contributed by atoms with Gasteiger partial charge in [0.2, 0.25) is 0 Å². The minimum Gasteiger partial charge on any atom is -0.206 e. The van der Waals surface area contributed by atoms with Crippen LogP contribution in [0.2, 0.25) is 0 Å². The van der Waals surface area contributed by atoms with Crippen molar-refractivity contribution in [2.24, 2.45) is 5.10 Å². The molecule has 58 valence electrons. The third-order valence-corrected chi connectivity index (χ3v) is 2.02. The van der Waals surface area contributed by atoms with Crippen LogP contribution in [0, 0.1) is 0 Å². The van der Waals surface area contributed by atoms with Gasteiger partial charge in [0.05, 0.1) is 0 Å². The van der Waals surface area contributed by atoms with Crippen LogP contribution >= 0.6 is 0 Å². The van der Waals surface area contributed by atoms with Crippen molar-refractivity contribution in [3.8, 4) is 0 Å². The molecule has 0 N–H and O–H groups in total. The predicted octanol–water partition coefficient (Wildman–Crippen LogP) is 1.11. The van der Waals surface area contributed by atoms with Crippen LogP contribution in [-0.2, 0) is 4.79 Å². The Hall–Kier alpha value is -0.660. The minimum absolute atomic E-state index is 0.503. The van der Waals surface area contributed by atoms with Gasteiger partial charge in [-0.25, -0.2) is 4.79 Å². The number of hydrogen-bond acceptors (Lipinski definition) is 2. The fourth-order valence-electron chi connectivity index (χ4n) is 0.970. The van der Waals surface area contributed by atoms with Crippen LogP contribution in [0.4, 0.5) is 0 Å². The maximum absolute atomic E-state index is 9.99. The van der Waals surface area contributed by atoms with Crippen molar-refractivity contribution >= 4 is 6.08 Å². The maximum atomic E-state index is 9.99. The molecule has 0 amide bonds. The van der Waals surface area contributed by atoms with Crippen molar-refractivity contribution in [3.05, 3.63) is 0 Å². The van der Waals surface area contributed by atoms with Gasteiger partial charge in [-0.05, 0) is 20.8 Å². The lowest BCUT2D eigenvalue weighted by atomic mass is 10.4. The van der Waals surface area contributed by atoms with Gasteiger partial charge in [-0.1, -0.05) is 0 Å². The third kappa shape index (κ3) is 1.94. The number of hydrogen-bond donors (Lipinski definition) is 0. The quantitative estimate of drug-likeness (QED) is 0.251. The number of rotatable bonds is 4. The average Bonchev–Trinajstić information content (AvgIpc) is 2.01. The highest BCUT2D eigenvalue weighted by Crippen LogP contribution is 2.04. The lowest BCUT2D eigenvalue weighted by Crippen LogP contribution is -2.41. The van der Waals surface area contributed by atoms with Gasteiger partial charge < -0.3 is 0 Å². The van der Waals surface area contributed by atoms with Crippen molar-refractivity contribution < 1.29 is 9.39 Å². The summed E-state index contributed by atoms with van der Waals surface area (Å²) in [5.74, 6) is 0. The first kappa shape index (κ1) is 9.34. The number of nitrogens with zero attached hydrogens (tertiary/aromatic N) is 2. The highest BCUT2D eigenvalue weighted by atomic mass is 16.1. The van der Waals surface area contributed by atoms with E-state index in [0.717, 1.165) is 19.6 Å². The molecule has 0 radical (unpaired) electrons. The molecule has 0 aliphatic carbocycles. The molecule has 3 nitrogen and oxygen atoms in total. The first-order valence-corrected chi connectivity index (χ1v) is 3.70. The van der Waals surface area contributed by atoms with Crippen molar-refractivity contribution in [3.63, 3.8) is 0 Å². The summed E-state index contributed by atoms with van der Waals surface area (Å²) in [5, 5.41) is 3.74. The van der Waals surface area contributed by atoms with E-state index in [9.17, 15) is 4.79 Å². The van der Waals surface area contributed by atoms with E-state index in [4.69, 9.17) is 0 Å². The Balaban J connectivity index is 4.29. The van der Waals surface area contributed by atoms with Crippen molar-refractivity contribution in [1.82, 2.24) is 0 Å². The van der Waals surface area contributed by atoms with Gasteiger partial charge in [-0.15, -0.1) is 0 Å². The van der Waals surface area contributed by atoms with Crippen molar-refractivity contribution in [2.45, 2.75) is 20.8 Å². The van der Waals surface area contributed by atoms with Crippen LogP contribution in [-0.4, -0.2) is 30.3 Å². The van der Waals surface area contributed by atoms with Crippen molar-refractivity contribution in [2.75, 3.05) is 19.6 Å². The van der Waals surface area contributed by atoms with Crippen molar-refractivity contribution in [1.29, 1.82) is 0 Å². The number of isocyanates is 1. The average molecular weight is 143 g/mol. The summed E-state index contributed by atoms with van der Waals surface area (Å²) in [4.78, 5) is 9.99. The van der Waals surface area contributed by atoms with E-state index in [2.05, 4.69) is 5.10 Å². The molecule has 0 unspecified atom stereocenters. The van der Waals surface area contributed by atoms with Gasteiger partial charge in [0.25, 0.3) is 6.08 Å². The Kier molecular flexibility index (Phi) is 3.93. The number of quaternary nitrogens is 1. The maximum Gasteiger partial charge on any atom is 0.294 e. The smallest absolute Gasteiger partial charge is 0.206 e. The summed E-state index contributed by atoms with van der Waals surface area (Å²) >= 11 is 0. The SMILES string of the molecule is CC[N+](CC)(CC)N=C=O. The molecule has 0 saturated heterocycles. The standard InChI is InChI=1S/C7H15N2O/c1-4-9(5-2,6-3)8-7-10/h4-6H2,1-3H3/q+1. The molecule has 0 rings (SSSR count). The topological polar surface area (TPSA) is 29.4 Å². The van der Waals surface area contributed by atoms with Gasteiger partial charge in [-0.2, -0.15) is 4.59 Å². The highest BCUT2D eigenvalue weighted by Gasteiger charge is 2.19. The second kappa shape index (κ2) is 4.20. The Labute approximate surface area is 61.9 Å². The van der Waals surface area contributed by atoms with Gasteiger partial charge in [-0.3, -0.25) is 0 Å². The highest BCUT2D eigenvalue weighted by molar-refractivity contribution is 5.31. The molecule has 3 heteroatoms. The summed E-state index contributed by atoms with van der Waals surface area (Å²) < 4.78 is 0.503. The Morgan fingerprint density at radius 3 is 1.70 bits per heavy atom. The molecule has 0 aromatic carbocycles.